The molecular weight excluding hydrogens is 240 g/mol. The van der Waals surface area contributed by atoms with Gasteiger partial charge in [-0.1, -0.05) is 0 Å². The Labute approximate surface area is 94.9 Å². The first kappa shape index (κ1) is 13.5. The minimum atomic E-state index is -3.36. The minimum Gasteiger partial charge on any atom is -0.481 e. The summed E-state index contributed by atoms with van der Waals surface area (Å²) in [5.74, 6) is -7.08. The smallest absolute Gasteiger partial charge is 0.303 e. The van der Waals surface area contributed by atoms with E-state index in [1.165, 1.54) is 0 Å². The zero-order valence-electron chi connectivity index (χ0n) is 8.72. The number of carbonyl (C=O) groups is 1. The average molecular weight is 250 g/mol. The van der Waals surface area contributed by atoms with Crippen LogP contribution < -0.4 is 0 Å². The highest BCUT2D eigenvalue weighted by Crippen LogP contribution is 2.33. The molecule has 0 radical (unpaired) electrons. The normalized spacial score (nSPS) is 11.5. The van der Waals surface area contributed by atoms with E-state index in [2.05, 4.69) is 0 Å². The standard InChI is InChI=1S/C11H10F4O2/c12-8-4-3-7(6-9(8)13)11(14,15)5-1-2-10(16)17/h3-4,6H,1-2,5H2,(H,16,17). The quantitative estimate of drug-likeness (QED) is 0.814. The van der Waals surface area contributed by atoms with E-state index in [-0.39, 0.29) is 12.8 Å². The first-order valence-electron chi connectivity index (χ1n) is 4.88. The zero-order valence-corrected chi connectivity index (χ0v) is 8.72. The molecule has 0 fully saturated rings. The number of hydrogen-bond acceptors (Lipinski definition) is 1. The van der Waals surface area contributed by atoms with Crippen LogP contribution in [0.2, 0.25) is 0 Å². The van der Waals surface area contributed by atoms with Crippen molar-refractivity contribution in [2.24, 2.45) is 0 Å². The molecule has 1 rings (SSSR count). The van der Waals surface area contributed by atoms with E-state index in [4.69, 9.17) is 5.11 Å². The van der Waals surface area contributed by atoms with Crippen molar-refractivity contribution in [3.63, 3.8) is 0 Å². The molecule has 0 saturated carbocycles. The van der Waals surface area contributed by atoms with E-state index in [0.29, 0.717) is 12.1 Å². The van der Waals surface area contributed by atoms with Crippen LogP contribution in [-0.4, -0.2) is 11.1 Å². The van der Waals surface area contributed by atoms with Gasteiger partial charge in [-0.05, 0) is 24.6 Å². The van der Waals surface area contributed by atoms with Crippen LogP contribution >= 0.6 is 0 Å². The number of carboxylic acid groups (broad SMARTS) is 1. The van der Waals surface area contributed by atoms with Crippen LogP contribution in [0.5, 0.6) is 0 Å². The van der Waals surface area contributed by atoms with Gasteiger partial charge in [-0.2, -0.15) is 0 Å². The van der Waals surface area contributed by atoms with Crippen molar-refractivity contribution in [1.82, 2.24) is 0 Å². The first-order valence-corrected chi connectivity index (χ1v) is 4.88. The Balaban J connectivity index is 2.74. The fraction of sp³-hybridized carbons (Fsp3) is 0.364. The van der Waals surface area contributed by atoms with Gasteiger partial charge in [0.15, 0.2) is 11.6 Å². The molecule has 0 atom stereocenters. The van der Waals surface area contributed by atoms with Gasteiger partial charge < -0.3 is 5.11 Å². The van der Waals surface area contributed by atoms with Gasteiger partial charge in [0, 0.05) is 18.4 Å². The lowest BCUT2D eigenvalue weighted by Gasteiger charge is -2.16. The summed E-state index contributed by atoms with van der Waals surface area (Å²) in [7, 11) is 0. The summed E-state index contributed by atoms with van der Waals surface area (Å²) in [6.07, 6.45) is -1.34. The van der Waals surface area contributed by atoms with Crippen molar-refractivity contribution in [3.05, 3.63) is 35.4 Å². The van der Waals surface area contributed by atoms with E-state index >= 15 is 0 Å². The maximum Gasteiger partial charge on any atom is 0.303 e. The lowest BCUT2D eigenvalue weighted by molar-refractivity contribution is -0.137. The lowest BCUT2D eigenvalue weighted by Crippen LogP contribution is -2.14. The summed E-state index contributed by atoms with van der Waals surface area (Å²) in [5, 5.41) is 8.31. The van der Waals surface area contributed by atoms with Crippen molar-refractivity contribution in [2.75, 3.05) is 0 Å². The van der Waals surface area contributed by atoms with Crippen LogP contribution in [-0.2, 0) is 10.7 Å². The molecule has 0 unspecified atom stereocenters. The van der Waals surface area contributed by atoms with E-state index < -0.39 is 35.5 Å². The number of aliphatic carboxylic acids is 1. The predicted molar refractivity (Wildman–Crippen MR) is 51.7 cm³/mol. The molecule has 1 aromatic rings. The monoisotopic (exact) mass is 250 g/mol. The molecule has 94 valence electrons. The third kappa shape index (κ3) is 3.72. The molecule has 0 aromatic heterocycles. The van der Waals surface area contributed by atoms with Gasteiger partial charge in [0.1, 0.15) is 0 Å². The fourth-order valence-electron chi connectivity index (χ4n) is 1.33. The molecule has 1 N–H and O–H groups in total. The Bertz CT molecular complexity index is 418. The maximum absolute atomic E-state index is 13.4. The minimum absolute atomic E-state index is 0.235. The summed E-state index contributed by atoms with van der Waals surface area (Å²) >= 11 is 0. The molecule has 0 amide bonds. The van der Waals surface area contributed by atoms with Crippen molar-refractivity contribution in [3.8, 4) is 0 Å². The number of carboxylic acids is 1. The zero-order chi connectivity index (χ0) is 13.1. The van der Waals surface area contributed by atoms with Gasteiger partial charge in [0.25, 0.3) is 5.92 Å². The largest absolute Gasteiger partial charge is 0.481 e. The van der Waals surface area contributed by atoms with Crippen LogP contribution in [0.15, 0.2) is 18.2 Å². The summed E-state index contributed by atoms with van der Waals surface area (Å²) < 4.78 is 52.2. The predicted octanol–water partition coefficient (Wildman–Crippen LogP) is 3.31. The highest BCUT2D eigenvalue weighted by atomic mass is 19.3. The van der Waals surface area contributed by atoms with Gasteiger partial charge in [-0.15, -0.1) is 0 Å². The fourth-order valence-corrected chi connectivity index (χ4v) is 1.33. The Kier molecular flexibility index (Phi) is 4.09. The second kappa shape index (κ2) is 5.16. The Morgan fingerprint density at radius 1 is 1.24 bits per heavy atom. The molecule has 6 heteroatoms. The van der Waals surface area contributed by atoms with Gasteiger partial charge >= 0.3 is 5.97 Å². The summed E-state index contributed by atoms with van der Waals surface area (Å²) in [4.78, 5) is 10.2. The number of hydrogen-bond donors (Lipinski definition) is 1. The molecule has 1 aromatic carbocycles. The van der Waals surface area contributed by atoms with Crippen LogP contribution in [0.4, 0.5) is 17.6 Å². The van der Waals surface area contributed by atoms with Gasteiger partial charge in [-0.3, -0.25) is 4.79 Å². The van der Waals surface area contributed by atoms with E-state index in [9.17, 15) is 22.4 Å². The van der Waals surface area contributed by atoms with Crippen molar-refractivity contribution in [1.29, 1.82) is 0 Å². The molecule has 17 heavy (non-hydrogen) atoms. The SMILES string of the molecule is O=C(O)CCCC(F)(F)c1ccc(F)c(F)c1. The summed E-state index contributed by atoms with van der Waals surface area (Å²) in [6.45, 7) is 0. The molecule has 0 bridgehead atoms. The molecular formula is C11H10F4O2. The third-order valence-electron chi connectivity index (χ3n) is 2.22. The second-order valence-corrected chi connectivity index (χ2v) is 3.58. The van der Waals surface area contributed by atoms with Crippen molar-refractivity contribution in [2.45, 2.75) is 25.2 Å². The van der Waals surface area contributed by atoms with E-state index in [0.717, 1.165) is 6.07 Å². The average Bonchev–Trinajstić information content (AvgIpc) is 2.21. The number of halogens is 4. The van der Waals surface area contributed by atoms with Gasteiger partial charge in [-0.25, -0.2) is 17.6 Å². The molecule has 0 aliphatic heterocycles. The molecule has 2 nitrogen and oxygen atoms in total. The molecule has 0 heterocycles. The Hall–Kier alpha value is -1.59. The van der Waals surface area contributed by atoms with Crippen molar-refractivity contribution < 1.29 is 27.5 Å². The number of rotatable bonds is 5. The highest BCUT2D eigenvalue weighted by molar-refractivity contribution is 5.66. The lowest BCUT2D eigenvalue weighted by atomic mass is 10.0. The first-order chi connectivity index (χ1) is 7.83. The van der Waals surface area contributed by atoms with Crippen LogP contribution in [0.3, 0.4) is 0 Å². The van der Waals surface area contributed by atoms with E-state index in [1.54, 1.807) is 0 Å². The van der Waals surface area contributed by atoms with Gasteiger partial charge in [0.2, 0.25) is 0 Å². The maximum atomic E-state index is 13.4. The summed E-state index contributed by atoms with van der Waals surface area (Å²) in [5.41, 5.74) is -0.651. The molecule has 0 aliphatic rings. The number of benzene rings is 1. The molecule has 0 spiro atoms. The Morgan fingerprint density at radius 3 is 2.41 bits per heavy atom. The highest BCUT2D eigenvalue weighted by Gasteiger charge is 2.31. The topological polar surface area (TPSA) is 37.3 Å². The van der Waals surface area contributed by atoms with Crippen LogP contribution in [0, 0.1) is 11.6 Å². The third-order valence-corrected chi connectivity index (χ3v) is 2.22. The van der Waals surface area contributed by atoms with Crippen LogP contribution in [0.25, 0.3) is 0 Å². The second-order valence-electron chi connectivity index (χ2n) is 3.58. The molecule has 0 aliphatic carbocycles. The summed E-state index contributed by atoms with van der Waals surface area (Å²) in [6, 6.07) is 1.84. The number of alkyl halides is 2. The molecule has 0 saturated heterocycles. The van der Waals surface area contributed by atoms with E-state index in [1.807, 2.05) is 0 Å². The van der Waals surface area contributed by atoms with Crippen LogP contribution in [0.1, 0.15) is 24.8 Å². The van der Waals surface area contributed by atoms with Gasteiger partial charge in [0.05, 0.1) is 0 Å². The van der Waals surface area contributed by atoms with Crippen molar-refractivity contribution >= 4 is 5.97 Å². The Morgan fingerprint density at radius 2 is 1.88 bits per heavy atom.